The summed E-state index contributed by atoms with van der Waals surface area (Å²) in [6, 6.07) is 4.70. The topological polar surface area (TPSA) is 46.2 Å². The summed E-state index contributed by atoms with van der Waals surface area (Å²) in [5.41, 5.74) is 0.590. The summed E-state index contributed by atoms with van der Waals surface area (Å²) in [4.78, 5) is 0. The Morgan fingerprint density at radius 3 is 2.67 bits per heavy atom. The summed E-state index contributed by atoms with van der Waals surface area (Å²) < 4.78 is 37.9. The predicted octanol–water partition coefficient (Wildman–Crippen LogP) is 3.84. The van der Waals surface area contributed by atoms with Crippen LogP contribution >= 0.6 is 15.9 Å². The van der Waals surface area contributed by atoms with Crippen LogP contribution < -0.4 is 5.32 Å². The average molecular weight is 380 g/mol. The second-order valence-corrected chi connectivity index (χ2v) is 8.44. The van der Waals surface area contributed by atoms with Crippen LogP contribution in [0.15, 0.2) is 22.7 Å². The fraction of sp³-hybridized carbons (Fsp3) is 0.600. The van der Waals surface area contributed by atoms with Crippen molar-refractivity contribution in [1.29, 1.82) is 0 Å². The minimum absolute atomic E-state index is 0.156. The van der Waals surface area contributed by atoms with Crippen molar-refractivity contribution in [2.24, 2.45) is 0 Å². The molecule has 1 rings (SSSR count). The van der Waals surface area contributed by atoms with E-state index in [0.29, 0.717) is 18.4 Å². The maximum absolute atomic E-state index is 14.0. The van der Waals surface area contributed by atoms with Crippen molar-refractivity contribution in [2.45, 2.75) is 39.2 Å². The first kappa shape index (κ1) is 18.6. The Morgan fingerprint density at radius 1 is 1.33 bits per heavy atom. The highest BCUT2D eigenvalue weighted by molar-refractivity contribution is 9.10. The van der Waals surface area contributed by atoms with Gasteiger partial charge in [-0.15, -0.1) is 0 Å². The van der Waals surface area contributed by atoms with Gasteiger partial charge in [-0.25, -0.2) is 12.8 Å². The third kappa shape index (κ3) is 6.45. The molecule has 1 aromatic carbocycles. The van der Waals surface area contributed by atoms with Gasteiger partial charge in [0.05, 0.1) is 5.75 Å². The lowest BCUT2D eigenvalue weighted by atomic mass is 10.0. The molecule has 0 fully saturated rings. The van der Waals surface area contributed by atoms with Crippen LogP contribution in [-0.2, 0) is 9.84 Å². The monoisotopic (exact) mass is 379 g/mol. The highest BCUT2D eigenvalue weighted by atomic mass is 79.9. The first-order valence-electron chi connectivity index (χ1n) is 7.28. The molecule has 0 saturated heterocycles. The Hall–Kier alpha value is -0.460. The maximum atomic E-state index is 14.0. The van der Waals surface area contributed by atoms with Crippen molar-refractivity contribution < 1.29 is 12.8 Å². The van der Waals surface area contributed by atoms with Crippen LogP contribution in [0.25, 0.3) is 0 Å². The highest BCUT2D eigenvalue weighted by Gasteiger charge is 2.17. The Morgan fingerprint density at radius 2 is 2.05 bits per heavy atom. The largest absolute Gasteiger partial charge is 0.310 e. The van der Waals surface area contributed by atoms with E-state index in [-0.39, 0.29) is 23.4 Å². The number of nitrogens with one attached hydrogen (secondary N) is 1. The molecule has 0 heterocycles. The molecule has 0 aliphatic rings. The van der Waals surface area contributed by atoms with Gasteiger partial charge >= 0.3 is 0 Å². The molecule has 0 saturated carbocycles. The fourth-order valence-corrected chi connectivity index (χ4v) is 3.39. The Bertz CT molecular complexity index is 549. The van der Waals surface area contributed by atoms with Crippen LogP contribution in [0.2, 0.25) is 0 Å². The van der Waals surface area contributed by atoms with Gasteiger partial charge in [-0.05, 0) is 44.0 Å². The second-order valence-electron chi connectivity index (χ2n) is 5.05. The first-order valence-corrected chi connectivity index (χ1v) is 9.89. The molecule has 0 aliphatic carbocycles. The summed E-state index contributed by atoms with van der Waals surface area (Å²) >= 11 is 3.35. The lowest BCUT2D eigenvalue weighted by Gasteiger charge is -2.20. The zero-order valence-electron chi connectivity index (χ0n) is 12.5. The molecule has 120 valence electrons. The summed E-state index contributed by atoms with van der Waals surface area (Å²) in [5, 5.41) is 3.30. The number of sulfone groups is 1. The lowest BCUT2D eigenvalue weighted by Crippen LogP contribution is -2.24. The summed E-state index contributed by atoms with van der Waals surface area (Å²) in [6.45, 7) is 4.47. The van der Waals surface area contributed by atoms with Gasteiger partial charge in [-0.1, -0.05) is 29.8 Å². The average Bonchev–Trinajstić information content (AvgIpc) is 2.45. The number of benzene rings is 1. The van der Waals surface area contributed by atoms with Crippen LogP contribution in [-0.4, -0.2) is 26.5 Å². The number of hydrogen-bond donors (Lipinski definition) is 1. The molecule has 0 amide bonds. The number of hydrogen-bond acceptors (Lipinski definition) is 3. The number of halogens is 2. The highest BCUT2D eigenvalue weighted by Crippen LogP contribution is 2.25. The summed E-state index contributed by atoms with van der Waals surface area (Å²) in [6.07, 6.45) is 2.08. The van der Waals surface area contributed by atoms with Crippen molar-refractivity contribution in [3.8, 4) is 0 Å². The normalized spacial score (nSPS) is 13.3. The molecular weight excluding hydrogens is 357 g/mol. The third-order valence-electron chi connectivity index (χ3n) is 3.36. The van der Waals surface area contributed by atoms with Crippen molar-refractivity contribution in [3.05, 3.63) is 34.1 Å². The molecule has 0 aliphatic heterocycles. The summed E-state index contributed by atoms with van der Waals surface area (Å²) in [7, 11) is -2.97. The smallest absolute Gasteiger partial charge is 0.150 e. The van der Waals surface area contributed by atoms with Crippen molar-refractivity contribution in [1.82, 2.24) is 5.32 Å². The van der Waals surface area contributed by atoms with E-state index in [0.717, 1.165) is 17.4 Å². The van der Waals surface area contributed by atoms with E-state index < -0.39 is 9.84 Å². The van der Waals surface area contributed by atoms with Crippen LogP contribution in [0, 0.1) is 5.82 Å². The SMILES string of the molecule is CCCNC(CCCS(=O)(=O)CC)c1cc(Br)ccc1F. The first-order chi connectivity index (χ1) is 9.89. The standard InChI is InChI=1S/C15H23BrFNO2S/c1-3-9-18-15(6-5-10-21(19,20)4-2)13-11-12(16)7-8-14(13)17/h7-8,11,15,18H,3-6,9-10H2,1-2H3. The quantitative estimate of drug-likeness (QED) is 0.708. The summed E-state index contributed by atoms with van der Waals surface area (Å²) in [5.74, 6) is 0.0551. The van der Waals surface area contributed by atoms with E-state index in [1.54, 1.807) is 19.1 Å². The molecule has 0 aromatic heterocycles. The zero-order valence-corrected chi connectivity index (χ0v) is 14.9. The molecular formula is C15H23BrFNO2S. The minimum Gasteiger partial charge on any atom is -0.310 e. The third-order valence-corrected chi connectivity index (χ3v) is 5.65. The van der Waals surface area contributed by atoms with Crippen molar-refractivity contribution in [2.75, 3.05) is 18.1 Å². The van der Waals surface area contributed by atoms with Crippen LogP contribution in [0.4, 0.5) is 4.39 Å². The molecule has 0 bridgehead atoms. The van der Waals surface area contributed by atoms with Crippen molar-refractivity contribution in [3.63, 3.8) is 0 Å². The zero-order chi connectivity index (χ0) is 15.9. The second kappa shape index (κ2) is 8.86. The van der Waals surface area contributed by atoms with Gasteiger partial charge in [0.15, 0.2) is 0 Å². The van der Waals surface area contributed by atoms with Gasteiger partial charge in [0.1, 0.15) is 15.7 Å². The van der Waals surface area contributed by atoms with Gasteiger partial charge in [-0.2, -0.15) is 0 Å². The van der Waals surface area contributed by atoms with E-state index in [4.69, 9.17) is 0 Å². The van der Waals surface area contributed by atoms with Gasteiger partial charge in [0.25, 0.3) is 0 Å². The molecule has 0 radical (unpaired) electrons. The van der Waals surface area contributed by atoms with Crippen LogP contribution in [0.5, 0.6) is 0 Å². The van der Waals surface area contributed by atoms with E-state index >= 15 is 0 Å². The van der Waals surface area contributed by atoms with Crippen LogP contribution in [0.3, 0.4) is 0 Å². The molecule has 1 unspecified atom stereocenters. The van der Waals surface area contributed by atoms with Crippen molar-refractivity contribution >= 4 is 25.8 Å². The van der Waals surface area contributed by atoms with Gasteiger partial charge < -0.3 is 5.32 Å². The molecule has 1 N–H and O–H groups in total. The van der Waals surface area contributed by atoms with Gasteiger partial charge in [-0.3, -0.25) is 0 Å². The Balaban J connectivity index is 2.78. The van der Waals surface area contributed by atoms with E-state index in [1.165, 1.54) is 6.07 Å². The maximum Gasteiger partial charge on any atom is 0.150 e. The predicted molar refractivity (Wildman–Crippen MR) is 88.7 cm³/mol. The number of rotatable bonds is 9. The molecule has 0 spiro atoms. The molecule has 21 heavy (non-hydrogen) atoms. The lowest BCUT2D eigenvalue weighted by molar-refractivity contribution is 0.468. The Kier molecular flexibility index (Phi) is 7.84. The molecule has 6 heteroatoms. The van der Waals surface area contributed by atoms with Gasteiger partial charge in [0, 0.05) is 21.8 Å². The minimum atomic E-state index is -2.97. The van der Waals surface area contributed by atoms with Crippen LogP contribution in [0.1, 0.15) is 44.7 Å². The van der Waals surface area contributed by atoms with E-state index in [1.807, 2.05) is 6.92 Å². The van der Waals surface area contributed by atoms with Gasteiger partial charge in [0.2, 0.25) is 0 Å². The molecule has 1 atom stereocenters. The Labute approximate surface area is 135 Å². The molecule has 3 nitrogen and oxygen atoms in total. The van der Waals surface area contributed by atoms with E-state index in [2.05, 4.69) is 21.2 Å². The fourth-order valence-electron chi connectivity index (χ4n) is 2.12. The van der Waals surface area contributed by atoms with E-state index in [9.17, 15) is 12.8 Å². The molecule has 1 aromatic rings.